The molecule has 21 heavy (non-hydrogen) atoms. The molecule has 0 bridgehead atoms. The van der Waals surface area contributed by atoms with Crippen LogP contribution in [0, 0.1) is 0 Å². The van der Waals surface area contributed by atoms with Gasteiger partial charge < -0.3 is 10.2 Å². The summed E-state index contributed by atoms with van der Waals surface area (Å²) in [4.78, 5) is 15.7. The highest BCUT2D eigenvalue weighted by Crippen LogP contribution is 2.38. The number of nitrogens with one attached hydrogen (secondary N) is 1. The molecule has 1 spiro atoms. The van der Waals surface area contributed by atoms with Crippen molar-refractivity contribution in [2.45, 2.75) is 24.8 Å². The summed E-state index contributed by atoms with van der Waals surface area (Å²) < 4.78 is 0. The van der Waals surface area contributed by atoms with Gasteiger partial charge in [-0.05, 0) is 43.5 Å². The van der Waals surface area contributed by atoms with Crippen molar-refractivity contribution in [3.63, 3.8) is 0 Å². The second kappa shape index (κ2) is 4.77. The zero-order chi connectivity index (χ0) is 14.3. The molecule has 1 N–H and O–H groups in total. The first-order chi connectivity index (χ1) is 10.3. The lowest BCUT2D eigenvalue weighted by Crippen LogP contribution is -2.51. The van der Waals surface area contributed by atoms with Gasteiger partial charge in [0.25, 0.3) is 0 Å². The van der Waals surface area contributed by atoms with Crippen LogP contribution in [0.4, 0.5) is 5.82 Å². The van der Waals surface area contributed by atoms with Gasteiger partial charge in [0.05, 0.1) is 5.54 Å². The van der Waals surface area contributed by atoms with Crippen molar-refractivity contribution in [1.29, 1.82) is 0 Å². The molecule has 2 aromatic rings. The molecule has 2 aliphatic rings. The molecule has 1 fully saturated rings. The lowest BCUT2D eigenvalue weighted by atomic mass is 9.84. The van der Waals surface area contributed by atoms with Crippen LogP contribution in [0.1, 0.15) is 18.4 Å². The summed E-state index contributed by atoms with van der Waals surface area (Å²) in [6.45, 7) is 2.17. The fraction of sp³-hybridized carbons (Fsp3) is 0.438. The van der Waals surface area contributed by atoms with Crippen LogP contribution in [0.25, 0.3) is 11.4 Å². The van der Waals surface area contributed by atoms with Crippen LogP contribution >= 0.6 is 0 Å². The highest BCUT2D eigenvalue weighted by Gasteiger charge is 2.41. The van der Waals surface area contributed by atoms with E-state index in [4.69, 9.17) is 4.98 Å². The quantitative estimate of drug-likeness (QED) is 0.861. The monoisotopic (exact) mass is 281 g/mol. The first kappa shape index (κ1) is 12.7. The van der Waals surface area contributed by atoms with Crippen molar-refractivity contribution in [3.05, 3.63) is 36.3 Å². The summed E-state index contributed by atoms with van der Waals surface area (Å²) in [7, 11) is 2.18. The molecule has 108 valence electrons. The van der Waals surface area contributed by atoms with E-state index in [0.29, 0.717) is 0 Å². The van der Waals surface area contributed by atoms with Gasteiger partial charge in [-0.3, -0.25) is 0 Å². The number of likely N-dealkylation sites (N-methyl/N-ethyl adjacent to an activating group) is 1. The molecule has 2 aromatic heterocycles. The van der Waals surface area contributed by atoms with Gasteiger partial charge in [0.2, 0.25) is 0 Å². The summed E-state index contributed by atoms with van der Waals surface area (Å²) >= 11 is 0. The van der Waals surface area contributed by atoms with Crippen molar-refractivity contribution < 1.29 is 0 Å². The van der Waals surface area contributed by atoms with Gasteiger partial charge in [-0.2, -0.15) is 0 Å². The van der Waals surface area contributed by atoms with E-state index < -0.39 is 0 Å². The standard InChI is InChI=1S/C16H19N5/c1-21-15-12(3-4-16(21)5-8-17-11-16)9-13(10-20-15)14-18-6-2-7-19-14/h2,6-7,9-10,17H,3-5,8,11H2,1H3. The third-order valence-electron chi connectivity index (χ3n) is 4.88. The Bertz CT molecular complexity index is 649. The van der Waals surface area contributed by atoms with Crippen molar-refractivity contribution in [2.75, 3.05) is 25.0 Å². The SMILES string of the molecule is CN1c2ncc(-c3ncccn3)cc2CCC12CCNC2. The molecular formula is C16H19N5. The zero-order valence-electron chi connectivity index (χ0n) is 12.2. The Morgan fingerprint density at radius 3 is 2.81 bits per heavy atom. The molecule has 0 amide bonds. The molecule has 5 heteroatoms. The number of pyridine rings is 1. The maximum absolute atomic E-state index is 4.71. The first-order valence-electron chi connectivity index (χ1n) is 7.49. The Morgan fingerprint density at radius 2 is 2.05 bits per heavy atom. The molecule has 1 atom stereocenters. The van der Waals surface area contributed by atoms with E-state index in [-0.39, 0.29) is 5.54 Å². The summed E-state index contributed by atoms with van der Waals surface area (Å²) in [5, 5.41) is 3.49. The van der Waals surface area contributed by atoms with Crippen molar-refractivity contribution in [2.24, 2.45) is 0 Å². The predicted octanol–water partition coefficient (Wildman–Crippen LogP) is 1.65. The second-order valence-corrected chi connectivity index (χ2v) is 5.99. The van der Waals surface area contributed by atoms with E-state index >= 15 is 0 Å². The third kappa shape index (κ3) is 2.00. The molecule has 5 nitrogen and oxygen atoms in total. The summed E-state index contributed by atoms with van der Waals surface area (Å²) in [6, 6.07) is 4.03. The minimum atomic E-state index is 0.255. The van der Waals surface area contributed by atoms with Gasteiger partial charge in [-0.15, -0.1) is 0 Å². The number of fused-ring (bicyclic) bond motifs is 1. The minimum absolute atomic E-state index is 0.255. The molecule has 4 rings (SSSR count). The number of aryl methyl sites for hydroxylation is 1. The molecular weight excluding hydrogens is 262 g/mol. The maximum Gasteiger partial charge on any atom is 0.160 e. The predicted molar refractivity (Wildman–Crippen MR) is 82.2 cm³/mol. The maximum atomic E-state index is 4.71. The topological polar surface area (TPSA) is 53.9 Å². The van der Waals surface area contributed by atoms with E-state index in [0.717, 1.165) is 36.7 Å². The van der Waals surface area contributed by atoms with Gasteiger partial charge in [0.15, 0.2) is 5.82 Å². The smallest absolute Gasteiger partial charge is 0.160 e. The Kier molecular flexibility index (Phi) is 2.89. The number of hydrogen-bond donors (Lipinski definition) is 1. The van der Waals surface area contributed by atoms with E-state index in [2.05, 4.69) is 33.3 Å². The Labute approximate surface area is 124 Å². The first-order valence-corrected chi connectivity index (χ1v) is 7.49. The number of anilines is 1. The van der Waals surface area contributed by atoms with Gasteiger partial charge in [0.1, 0.15) is 5.82 Å². The number of hydrogen-bond acceptors (Lipinski definition) is 5. The van der Waals surface area contributed by atoms with Crippen molar-refractivity contribution in [3.8, 4) is 11.4 Å². The van der Waals surface area contributed by atoms with Gasteiger partial charge in [0, 0.05) is 37.7 Å². The number of nitrogens with zero attached hydrogens (tertiary/aromatic N) is 4. The molecule has 2 aliphatic heterocycles. The van der Waals surface area contributed by atoms with E-state index in [1.807, 2.05) is 12.3 Å². The summed E-state index contributed by atoms with van der Waals surface area (Å²) in [5.74, 6) is 1.86. The fourth-order valence-electron chi connectivity index (χ4n) is 3.55. The highest BCUT2D eigenvalue weighted by atomic mass is 15.3. The molecule has 0 saturated carbocycles. The van der Waals surface area contributed by atoms with E-state index in [1.165, 1.54) is 18.4 Å². The van der Waals surface area contributed by atoms with E-state index in [1.54, 1.807) is 12.4 Å². The lowest BCUT2D eigenvalue weighted by molar-refractivity contribution is 0.389. The summed E-state index contributed by atoms with van der Waals surface area (Å²) in [6.07, 6.45) is 8.90. The van der Waals surface area contributed by atoms with Crippen molar-refractivity contribution in [1.82, 2.24) is 20.3 Å². The molecule has 0 radical (unpaired) electrons. The normalized spacial score (nSPS) is 24.3. The summed E-state index contributed by atoms with van der Waals surface area (Å²) in [5.41, 5.74) is 2.56. The number of rotatable bonds is 1. The van der Waals surface area contributed by atoms with Crippen LogP contribution in [0.3, 0.4) is 0 Å². The largest absolute Gasteiger partial charge is 0.352 e. The van der Waals surface area contributed by atoms with Crippen molar-refractivity contribution >= 4 is 5.82 Å². The third-order valence-corrected chi connectivity index (χ3v) is 4.88. The van der Waals surface area contributed by atoms with Gasteiger partial charge >= 0.3 is 0 Å². The molecule has 0 aliphatic carbocycles. The van der Waals surface area contributed by atoms with Crippen LogP contribution < -0.4 is 10.2 Å². The minimum Gasteiger partial charge on any atom is -0.352 e. The molecule has 1 unspecified atom stereocenters. The van der Waals surface area contributed by atoms with Gasteiger partial charge in [-0.1, -0.05) is 0 Å². The Balaban J connectivity index is 1.72. The molecule has 0 aromatic carbocycles. The molecule has 4 heterocycles. The molecule has 1 saturated heterocycles. The fourth-order valence-corrected chi connectivity index (χ4v) is 3.55. The second-order valence-electron chi connectivity index (χ2n) is 5.99. The Morgan fingerprint density at radius 1 is 1.19 bits per heavy atom. The highest BCUT2D eigenvalue weighted by molar-refractivity contribution is 5.62. The van der Waals surface area contributed by atoms with Crippen LogP contribution in [0.2, 0.25) is 0 Å². The Hall–Kier alpha value is -2.01. The lowest BCUT2D eigenvalue weighted by Gasteiger charge is -2.43. The van der Waals surface area contributed by atoms with E-state index in [9.17, 15) is 0 Å². The van der Waals surface area contributed by atoms with Crippen LogP contribution in [0.5, 0.6) is 0 Å². The van der Waals surface area contributed by atoms with Crippen LogP contribution in [-0.2, 0) is 6.42 Å². The average molecular weight is 281 g/mol. The zero-order valence-corrected chi connectivity index (χ0v) is 12.2. The van der Waals surface area contributed by atoms with Crippen LogP contribution in [-0.4, -0.2) is 40.6 Å². The average Bonchev–Trinajstić information content (AvgIpc) is 3.02. The van der Waals surface area contributed by atoms with Gasteiger partial charge in [-0.25, -0.2) is 15.0 Å². The number of aromatic nitrogens is 3. The van der Waals surface area contributed by atoms with Crippen LogP contribution in [0.15, 0.2) is 30.7 Å².